The van der Waals surface area contributed by atoms with Crippen molar-refractivity contribution in [3.63, 3.8) is 0 Å². The topological polar surface area (TPSA) is 77.0 Å². The van der Waals surface area contributed by atoms with Crippen LogP contribution < -0.4 is 5.73 Å². The maximum absolute atomic E-state index is 10.0. The van der Waals surface area contributed by atoms with Gasteiger partial charge in [-0.3, -0.25) is 0 Å². The largest absolute Gasteiger partial charge is 0.398 e. The van der Waals surface area contributed by atoms with E-state index in [0.717, 1.165) is 10.7 Å². The first-order valence-electron chi connectivity index (χ1n) is 5.17. The summed E-state index contributed by atoms with van der Waals surface area (Å²) in [5.41, 5.74) is 7.16. The van der Waals surface area contributed by atoms with Crippen LogP contribution >= 0.6 is 11.8 Å². The fourth-order valence-corrected chi connectivity index (χ4v) is 2.30. The van der Waals surface area contributed by atoms with Gasteiger partial charge in [0.15, 0.2) is 5.16 Å². The van der Waals surface area contributed by atoms with Gasteiger partial charge in [0.2, 0.25) is 0 Å². The monoisotopic (exact) mass is 250 g/mol. The third-order valence-corrected chi connectivity index (χ3v) is 3.51. The summed E-state index contributed by atoms with van der Waals surface area (Å²) in [7, 11) is 1.87. The molecule has 0 saturated carbocycles. The molecule has 90 valence electrons. The molecule has 2 aromatic rings. The average molecular weight is 250 g/mol. The second-order valence-electron chi connectivity index (χ2n) is 3.68. The quantitative estimate of drug-likeness (QED) is 0.630. The molecular formula is C11H14N4OS. The standard InChI is InChI=1S/C11H14N4OS/c1-15-7-13-14-11(15)17-6-10(16)8-4-2-3-5-9(8)12/h2-5,7,10,16H,6,12H2,1H3. The molecule has 1 aromatic heterocycles. The van der Waals surface area contributed by atoms with Crippen molar-refractivity contribution in [1.29, 1.82) is 0 Å². The van der Waals surface area contributed by atoms with Crippen LogP contribution in [0.3, 0.4) is 0 Å². The Hall–Kier alpha value is -1.53. The molecule has 17 heavy (non-hydrogen) atoms. The Bertz CT molecular complexity index is 500. The van der Waals surface area contributed by atoms with Crippen molar-refractivity contribution in [2.75, 3.05) is 11.5 Å². The lowest BCUT2D eigenvalue weighted by atomic mass is 10.1. The lowest BCUT2D eigenvalue weighted by molar-refractivity contribution is 0.205. The molecule has 0 fully saturated rings. The fourth-order valence-electron chi connectivity index (χ4n) is 1.46. The third kappa shape index (κ3) is 2.78. The van der Waals surface area contributed by atoms with Gasteiger partial charge >= 0.3 is 0 Å². The highest BCUT2D eigenvalue weighted by molar-refractivity contribution is 7.99. The molecule has 0 aliphatic rings. The minimum absolute atomic E-state index is 0.501. The molecule has 6 heteroatoms. The number of hydrogen-bond acceptors (Lipinski definition) is 5. The molecule has 0 aliphatic heterocycles. The van der Waals surface area contributed by atoms with Crippen LogP contribution in [0.5, 0.6) is 0 Å². The van der Waals surface area contributed by atoms with Gasteiger partial charge in [0.25, 0.3) is 0 Å². The Morgan fingerprint density at radius 1 is 1.47 bits per heavy atom. The number of thioether (sulfide) groups is 1. The molecule has 0 aliphatic carbocycles. The first kappa shape index (κ1) is 11.9. The summed E-state index contributed by atoms with van der Waals surface area (Å²) in [4.78, 5) is 0. The van der Waals surface area contributed by atoms with E-state index >= 15 is 0 Å². The summed E-state index contributed by atoms with van der Waals surface area (Å²) in [6.07, 6.45) is 1.03. The van der Waals surface area contributed by atoms with Crippen molar-refractivity contribution < 1.29 is 5.11 Å². The highest BCUT2D eigenvalue weighted by atomic mass is 32.2. The zero-order chi connectivity index (χ0) is 12.3. The Kier molecular flexibility index (Phi) is 3.65. The number of nitrogens with zero attached hydrogens (tertiary/aromatic N) is 3. The zero-order valence-corrected chi connectivity index (χ0v) is 10.3. The lowest BCUT2D eigenvalue weighted by Gasteiger charge is -2.12. The van der Waals surface area contributed by atoms with Crippen LogP contribution in [-0.4, -0.2) is 25.6 Å². The van der Waals surface area contributed by atoms with Crippen LogP contribution in [0, 0.1) is 0 Å². The maximum atomic E-state index is 10.0. The summed E-state index contributed by atoms with van der Waals surface area (Å²) in [6.45, 7) is 0. The number of benzene rings is 1. The van der Waals surface area contributed by atoms with E-state index in [-0.39, 0.29) is 0 Å². The highest BCUT2D eigenvalue weighted by Gasteiger charge is 2.12. The number of hydrogen-bond donors (Lipinski definition) is 2. The third-order valence-electron chi connectivity index (χ3n) is 2.40. The Morgan fingerprint density at radius 2 is 2.24 bits per heavy atom. The van der Waals surface area contributed by atoms with Gasteiger partial charge in [-0.2, -0.15) is 0 Å². The van der Waals surface area contributed by atoms with E-state index in [1.54, 1.807) is 12.4 Å². The maximum Gasteiger partial charge on any atom is 0.190 e. The molecule has 1 unspecified atom stereocenters. The Labute approximate surface area is 104 Å². The number of nitrogen functional groups attached to an aromatic ring is 1. The van der Waals surface area contributed by atoms with E-state index in [1.807, 2.05) is 29.8 Å². The molecule has 0 saturated heterocycles. The second kappa shape index (κ2) is 5.20. The molecule has 0 bridgehead atoms. The molecule has 1 heterocycles. The summed E-state index contributed by atoms with van der Waals surface area (Å²) < 4.78 is 1.81. The zero-order valence-electron chi connectivity index (χ0n) is 9.45. The van der Waals surface area contributed by atoms with Gasteiger partial charge in [-0.15, -0.1) is 10.2 Å². The van der Waals surface area contributed by atoms with Gasteiger partial charge in [-0.25, -0.2) is 0 Å². The van der Waals surface area contributed by atoms with Gasteiger partial charge in [0.05, 0.1) is 6.10 Å². The molecule has 0 amide bonds. The van der Waals surface area contributed by atoms with Crippen molar-refractivity contribution in [2.45, 2.75) is 11.3 Å². The Balaban J connectivity index is 2.01. The predicted molar refractivity (Wildman–Crippen MR) is 67.5 cm³/mol. The van der Waals surface area contributed by atoms with Crippen molar-refractivity contribution in [3.8, 4) is 0 Å². The van der Waals surface area contributed by atoms with E-state index in [1.165, 1.54) is 11.8 Å². The molecule has 1 aromatic carbocycles. The van der Waals surface area contributed by atoms with Crippen molar-refractivity contribution in [3.05, 3.63) is 36.2 Å². The first-order valence-corrected chi connectivity index (χ1v) is 6.16. The number of aryl methyl sites for hydroxylation is 1. The number of aromatic nitrogens is 3. The van der Waals surface area contributed by atoms with Crippen molar-refractivity contribution >= 4 is 17.4 Å². The van der Waals surface area contributed by atoms with Crippen LogP contribution in [0.4, 0.5) is 5.69 Å². The number of para-hydroxylation sites is 1. The van der Waals surface area contributed by atoms with E-state index in [2.05, 4.69) is 10.2 Å². The number of nitrogens with two attached hydrogens (primary N) is 1. The molecule has 0 radical (unpaired) electrons. The predicted octanol–water partition coefficient (Wildman–Crippen LogP) is 1.22. The van der Waals surface area contributed by atoms with Crippen LogP contribution in [0.2, 0.25) is 0 Å². The normalized spacial score (nSPS) is 12.6. The number of rotatable bonds is 4. The Morgan fingerprint density at radius 3 is 2.88 bits per heavy atom. The summed E-state index contributed by atoms with van der Waals surface area (Å²) >= 11 is 1.45. The van der Waals surface area contributed by atoms with E-state index in [0.29, 0.717) is 11.4 Å². The highest BCUT2D eigenvalue weighted by Crippen LogP contribution is 2.25. The summed E-state index contributed by atoms with van der Waals surface area (Å²) in [5.74, 6) is 0.501. The number of anilines is 1. The summed E-state index contributed by atoms with van der Waals surface area (Å²) in [5, 5.41) is 18.5. The molecule has 3 N–H and O–H groups in total. The van der Waals surface area contributed by atoms with Gasteiger partial charge < -0.3 is 15.4 Å². The number of aliphatic hydroxyl groups is 1. The van der Waals surface area contributed by atoms with Gasteiger partial charge in [-0.05, 0) is 6.07 Å². The molecular weight excluding hydrogens is 236 g/mol. The van der Waals surface area contributed by atoms with E-state index in [4.69, 9.17) is 5.73 Å². The number of aliphatic hydroxyl groups excluding tert-OH is 1. The van der Waals surface area contributed by atoms with Gasteiger partial charge in [-0.1, -0.05) is 30.0 Å². The molecule has 1 atom stereocenters. The smallest absolute Gasteiger partial charge is 0.190 e. The van der Waals surface area contributed by atoms with Crippen molar-refractivity contribution in [1.82, 2.24) is 14.8 Å². The van der Waals surface area contributed by atoms with Crippen molar-refractivity contribution in [2.24, 2.45) is 7.05 Å². The first-order chi connectivity index (χ1) is 8.18. The van der Waals surface area contributed by atoms with E-state index in [9.17, 15) is 5.11 Å². The van der Waals surface area contributed by atoms with Crippen LogP contribution in [0.25, 0.3) is 0 Å². The minimum Gasteiger partial charge on any atom is -0.398 e. The van der Waals surface area contributed by atoms with Crippen LogP contribution in [0.1, 0.15) is 11.7 Å². The molecule has 2 rings (SSSR count). The SMILES string of the molecule is Cn1cnnc1SCC(O)c1ccccc1N. The van der Waals surface area contributed by atoms with Crippen LogP contribution in [-0.2, 0) is 7.05 Å². The molecule has 0 spiro atoms. The second-order valence-corrected chi connectivity index (χ2v) is 4.67. The van der Waals surface area contributed by atoms with Gasteiger partial charge in [0.1, 0.15) is 6.33 Å². The summed E-state index contributed by atoms with van der Waals surface area (Å²) in [6, 6.07) is 7.33. The van der Waals surface area contributed by atoms with E-state index < -0.39 is 6.10 Å². The molecule has 5 nitrogen and oxygen atoms in total. The average Bonchev–Trinajstić information content (AvgIpc) is 2.72. The van der Waals surface area contributed by atoms with Gasteiger partial charge in [0, 0.05) is 24.1 Å². The lowest BCUT2D eigenvalue weighted by Crippen LogP contribution is -2.05. The minimum atomic E-state index is -0.599. The fraction of sp³-hybridized carbons (Fsp3) is 0.273. The van der Waals surface area contributed by atoms with Crippen LogP contribution in [0.15, 0.2) is 35.7 Å².